The fraction of sp³-hybridized carbons (Fsp3) is 0.462. The summed E-state index contributed by atoms with van der Waals surface area (Å²) < 4.78 is 33.0. The summed E-state index contributed by atoms with van der Waals surface area (Å²) in [7, 11) is 0. The standard InChI is InChI=1S/C13H13BrF2O2/c1-2-10-7(5-6-18-10)13(17)11-9(15)4-3-8(14)12(11)16/h3-4,7,10H,2,5-6H2,1H3. The fourth-order valence-corrected chi connectivity index (χ4v) is 2.62. The molecule has 2 nitrogen and oxygen atoms in total. The van der Waals surface area contributed by atoms with Crippen molar-refractivity contribution in [2.24, 2.45) is 5.92 Å². The Morgan fingerprint density at radius 3 is 2.89 bits per heavy atom. The minimum atomic E-state index is -0.832. The van der Waals surface area contributed by atoms with Gasteiger partial charge in [-0.1, -0.05) is 6.92 Å². The van der Waals surface area contributed by atoms with Gasteiger partial charge in [-0.15, -0.1) is 0 Å². The average Bonchev–Trinajstić information content (AvgIpc) is 2.82. The van der Waals surface area contributed by atoms with Crippen LogP contribution >= 0.6 is 15.9 Å². The van der Waals surface area contributed by atoms with Crippen molar-refractivity contribution in [2.45, 2.75) is 25.9 Å². The maximum Gasteiger partial charge on any atom is 0.174 e. The molecule has 2 atom stereocenters. The van der Waals surface area contributed by atoms with Gasteiger partial charge in [-0.2, -0.15) is 0 Å². The first-order valence-corrected chi connectivity index (χ1v) is 6.64. The molecule has 0 amide bonds. The second kappa shape index (κ2) is 5.45. The Balaban J connectivity index is 2.37. The Kier molecular flexibility index (Phi) is 4.12. The number of halogens is 3. The molecule has 1 heterocycles. The van der Waals surface area contributed by atoms with E-state index < -0.39 is 28.9 Å². The Labute approximate surface area is 112 Å². The average molecular weight is 319 g/mol. The number of ketones is 1. The molecule has 1 aliphatic rings. The smallest absolute Gasteiger partial charge is 0.174 e. The summed E-state index contributed by atoms with van der Waals surface area (Å²) in [5, 5.41) is 0. The number of benzene rings is 1. The van der Waals surface area contributed by atoms with Gasteiger partial charge in [0.1, 0.15) is 5.82 Å². The van der Waals surface area contributed by atoms with Crippen LogP contribution in [0.2, 0.25) is 0 Å². The van der Waals surface area contributed by atoms with Crippen LogP contribution in [0, 0.1) is 17.6 Å². The highest BCUT2D eigenvalue weighted by Gasteiger charge is 2.36. The summed E-state index contributed by atoms with van der Waals surface area (Å²) in [4.78, 5) is 12.2. The van der Waals surface area contributed by atoms with Crippen molar-refractivity contribution >= 4 is 21.7 Å². The number of carbonyl (C=O) groups excluding carboxylic acids is 1. The molecule has 1 aromatic rings. The maximum absolute atomic E-state index is 13.8. The van der Waals surface area contributed by atoms with Crippen molar-refractivity contribution in [3.8, 4) is 0 Å². The number of rotatable bonds is 3. The van der Waals surface area contributed by atoms with Crippen LogP contribution in [0.5, 0.6) is 0 Å². The first kappa shape index (κ1) is 13.6. The van der Waals surface area contributed by atoms with Crippen LogP contribution in [0.4, 0.5) is 8.78 Å². The van der Waals surface area contributed by atoms with E-state index in [0.29, 0.717) is 19.4 Å². The summed E-state index contributed by atoms with van der Waals surface area (Å²) in [6, 6.07) is 2.35. The van der Waals surface area contributed by atoms with Gasteiger partial charge >= 0.3 is 0 Å². The van der Waals surface area contributed by atoms with Crippen LogP contribution in [0.25, 0.3) is 0 Å². The monoisotopic (exact) mass is 318 g/mol. The Morgan fingerprint density at radius 2 is 2.22 bits per heavy atom. The molecule has 5 heteroatoms. The molecule has 0 aromatic heterocycles. The molecule has 0 bridgehead atoms. The van der Waals surface area contributed by atoms with Gasteiger partial charge in [0.15, 0.2) is 11.6 Å². The normalized spacial score (nSPS) is 23.3. The van der Waals surface area contributed by atoms with E-state index in [1.165, 1.54) is 6.07 Å². The molecule has 2 rings (SSSR count). The van der Waals surface area contributed by atoms with Crippen molar-refractivity contribution < 1.29 is 18.3 Å². The first-order valence-electron chi connectivity index (χ1n) is 5.85. The summed E-state index contributed by atoms with van der Waals surface area (Å²) in [6.45, 7) is 2.36. The van der Waals surface area contributed by atoms with E-state index in [9.17, 15) is 13.6 Å². The molecule has 0 radical (unpaired) electrons. The van der Waals surface area contributed by atoms with Gasteiger partial charge in [-0.3, -0.25) is 4.79 Å². The molecule has 2 unspecified atom stereocenters. The molecule has 1 fully saturated rings. The lowest BCUT2D eigenvalue weighted by atomic mass is 9.90. The van der Waals surface area contributed by atoms with Crippen molar-refractivity contribution in [1.82, 2.24) is 0 Å². The zero-order valence-electron chi connectivity index (χ0n) is 9.88. The fourth-order valence-electron chi connectivity index (χ4n) is 2.29. The predicted octanol–water partition coefficient (Wildman–Crippen LogP) is 3.73. The van der Waals surface area contributed by atoms with Crippen LogP contribution in [0.3, 0.4) is 0 Å². The lowest BCUT2D eigenvalue weighted by molar-refractivity contribution is 0.0683. The minimum absolute atomic E-state index is 0.0965. The Bertz CT molecular complexity index is 476. The highest BCUT2D eigenvalue weighted by Crippen LogP contribution is 2.30. The molecule has 1 aromatic carbocycles. The first-order chi connectivity index (χ1) is 8.56. The maximum atomic E-state index is 13.8. The van der Waals surface area contributed by atoms with E-state index in [0.717, 1.165) is 6.07 Å². The molecule has 1 saturated heterocycles. The topological polar surface area (TPSA) is 26.3 Å². The second-order valence-corrected chi connectivity index (χ2v) is 5.15. The molecule has 98 valence electrons. The largest absolute Gasteiger partial charge is 0.377 e. The number of carbonyl (C=O) groups is 1. The lowest BCUT2D eigenvalue weighted by Crippen LogP contribution is -2.25. The van der Waals surface area contributed by atoms with E-state index in [2.05, 4.69) is 15.9 Å². The zero-order chi connectivity index (χ0) is 13.3. The molecule has 0 spiro atoms. The quantitative estimate of drug-likeness (QED) is 0.627. The molecular formula is C13H13BrF2O2. The molecular weight excluding hydrogens is 306 g/mol. The number of ether oxygens (including phenoxy) is 1. The van der Waals surface area contributed by atoms with Crippen LogP contribution < -0.4 is 0 Å². The number of hydrogen-bond acceptors (Lipinski definition) is 2. The van der Waals surface area contributed by atoms with Crippen molar-refractivity contribution in [1.29, 1.82) is 0 Å². The van der Waals surface area contributed by atoms with Gasteiger partial charge in [0.2, 0.25) is 0 Å². The van der Waals surface area contributed by atoms with E-state index >= 15 is 0 Å². The van der Waals surface area contributed by atoms with E-state index in [4.69, 9.17) is 4.74 Å². The van der Waals surface area contributed by atoms with Gasteiger partial charge in [0.05, 0.1) is 22.1 Å². The van der Waals surface area contributed by atoms with Crippen LogP contribution in [0.1, 0.15) is 30.1 Å². The highest BCUT2D eigenvalue weighted by atomic mass is 79.9. The predicted molar refractivity (Wildman–Crippen MR) is 66.5 cm³/mol. The van der Waals surface area contributed by atoms with E-state index in [1.807, 2.05) is 6.92 Å². The van der Waals surface area contributed by atoms with Crippen molar-refractivity contribution in [2.75, 3.05) is 6.61 Å². The van der Waals surface area contributed by atoms with Gasteiger partial charge in [-0.05, 0) is 40.9 Å². The minimum Gasteiger partial charge on any atom is -0.377 e. The van der Waals surface area contributed by atoms with Crippen molar-refractivity contribution in [3.63, 3.8) is 0 Å². The molecule has 0 N–H and O–H groups in total. The third-order valence-electron chi connectivity index (χ3n) is 3.24. The van der Waals surface area contributed by atoms with Crippen LogP contribution in [0.15, 0.2) is 16.6 Å². The summed E-state index contributed by atoms with van der Waals surface area (Å²) >= 11 is 2.96. The zero-order valence-corrected chi connectivity index (χ0v) is 11.5. The Morgan fingerprint density at radius 1 is 1.50 bits per heavy atom. The molecule has 1 aliphatic heterocycles. The number of Topliss-reactive ketones (excluding diaryl/α,β-unsaturated/α-hetero) is 1. The molecule has 0 aliphatic carbocycles. The van der Waals surface area contributed by atoms with Gasteiger partial charge < -0.3 is 4.74 Å². The number of hydrogen-bond donors (Lipinski definition) is 0. The third kappa shape index (κ3) is 2.34. The summed E-state index contributed by atoms with van der Waals surface area (Å²) in [5.74, 6) is -2.60. The summed E-state index contributed by atoms with van der Waals surface area (Å²) in [6.07, 6.45) is 0.936. The van der Waals surface area contributed by atoms with Crippen LogP contribution in [-0.2, 0) is 4.74 Å². The van der Waals surface area contributed by atoms with Gasteiger partial charge in [0.25, 0.3) is 0 Å². The SMILES string of the molecule is CCC1OCCC1C(=O)c1c(F)ccc(Br)c1F. The second-order valence-electron chi connectivity index (χ2n) is 4.30. The third-order valence-corrected chi connectivity index (χ3v) is 3.85. The van der Waals surface area contributed by atoms with Gasteiger partial charge in [-0.25, -0.2) is 8.78 Å². The van der Waals surface area contributed by atoms with E-state index in [-0.39, 0.29) is 10.6 Å². The van der Waals surface area contributed by atoms with Gasteiger partial charge in [0, 0.05) is 6.61 Å². The van der Waals surface area contributed by atoms with E-state index in [1.54, 1.807) is 0 Å². The lowest BCUT2D eigenvalue weighted by Gasteiger charge is -2.16. The summed E-state index contributed by atoms with van der Waals surface area (Å²) in [5.41, 5.74) is -0.460. The van der Waals surface area contributed by atoms with Crippen LogP contribution in [-0.4, -0.2) is 18.5 Å². The van der Waals surface area contributed by atoms with Crippen molar-refractivity contribution in [3.05, 3.63) is 33.8 Å². The highest BCUT2D eigenvalue weighted by molar-refractivity contribution is 9.10. The Hall–Kier alpha value is -0.810. The molecule has 0 saturated carbocycles. The molecule has 18 heavy (non-hydrogen) atoms.